The number of aryl methyl sites for hydroxylation is 1. The molecular formula is C17H23NO4. The molecule has 1 atom stereocenters. The summed E-state index contributed by atoms with van der Waals surface area (Å²) in [5.74, 6) is 1.01. The Hall–Kier alpha value is -1.59. The van der Waals surface area contributed by atoms with Gasteiger partial charge >= 0.3 is 0 Å². The van der Waals surface area contributed by atoms with Crippen molar-refractivity contribution in [2.24, 2.45) is 5.92 Å². The predicted molar refractivity (Wildman–Crippen MR) is 83.4 cm³/mol. The molecule has 1 aromatic rings. The molecule has 3 rings (SSSR count). The monoisotopic (exact) mass is 305 g/mol. The van der Waals surface area contributed by atoms with E-state index in [1.165, 1.54) is 11.1 Å². The van der Waals surface area contributed by atoms with Gasteiger partial charge < -0.3 is 19.5 Å². The number of anilines is 1. The Morgan fingerprint density at radius 1 is 1.41 bits per heavy atom. The SMILES string of the molecule is COc1ccc2c(c1NC(=O)COCC1CCOC1)CCC2. The molecule has 1 aromatic carbocycles. The molecule has 1 unspecified atom stereocenters. The maximum atomic E-state index is 12.1. The summed E-state index contributed by atoms with van der Waals surface area (Å²) >= 11 is 0. The molecule has 1 aliphatic heterocycles. The molecule has 5 nitrogen and oxygen atoms in total. The Morgan fingerprint density at radius 3 is 3.09 bits per heavy atom. The molecule has 1 aliphatic carbocycles. The van der Waals surface area contributed by atoms with Crippen LogP contribution in [0.4, 0.5) is 5.69 Å². The van der Waals surface area contributed by atoms with Gasteiger partial charge in [-0.05, 0) is 42.9 Å². The van der Waals surface area contributed by atoms with Gasteiger partial charge in [0.15, 0.2) is 0 Å². The largest absolute Gasteiger partial charge is 0.495 e. The van der Waals surface area contributed by atoms with E-state index in [0.717, 1.165) is 50.3 Å². The Morgan fingerprint density at radius 2 is 2.32 bits per heavy atom. The van der Waals surface area contributed by atoms with Gasteiger partial charge in [-0.3, -0.25) is 4.79 Å². The van der Waals surface area contributed by atoms with E-state index >= 15 is 0 Å². The van der Waals surface area contributed by atoms with Crippen LogP contribution in [-0.4, -0.2) is 39.4 Å². The van der Waals surface area contributed by atoms with E-state index in [9.17, 15) is 4.79 Å². The minimum Gasteiger partial charge on any atom is -0.495 e. The Balaban J connectivity index is 1.57. The number of hydrogen-bond donors (Lipinski definition) is 1. The highest BCUT2D eigenvalue weighted by atomic mass is 16.5. The van der Waals surface area contributed by atoms with Crippen LogP contribution < -0.4 is 10.1 Å². The summed E-state index contributed by atoms with van der Waals surface area (Å²) in [7, 11) is 1.63. The van der Waals surface area contributed by atoms with Crippen molar-refractivity contribution >= 4 is 11.6 Å². The molecule has 0 aromatic heterocycles. The summed E-state index contributed by atoms with van der Waals surface area (Å²) in [5.41, 5.74) is 3.33. The van der Waals surface area contributed by atoms with Gasteiger partial charge in [-0.15, -0.1) is 0 Å². The van der Waals surface area contributed by atoms with E-state index < -0.39 is 0 Å². The first kappa shape index (κ1) is 15.3. The van der Waals surface area contributed by atoms with E-state index in [0.29, 0.717) is 12.5 Å². The lowest BCUT2D eigenvalue weighted by atomic mass is 10.1. The Kier molecular flexibility index (Phi) is 4.95. The quantitative estimate of drug-likeness (QED) is 0.875. The van der Waals surface area contributed by atoms with Gasteiger partial charge in [0.25, 0.3) is 0 Å². The molecule has 1 amide bonds. The normalized spacial score (nSPS) is 20.0. The van der Waals surface area contributed by atoms with E-state index in [4.69, 9.17) is 14.2 Å². The minimum absolute atomic E-state index is 0.0727. The third-order valence-electron chi connectivity index (χ3n) is 4.34. The maximum Gasteiger partial charge on any atom is 0.250 e. The van der Waals surface area contributed by atoms with E-state index in [2.05, 4.69) is 11.4 Å². The van der Waals surface area contributed by atoms with Crippen LogP contribution in [0.5, 0.6) is 5.75 Å². The lowest BCUT2D eigenvalue weighted by Crippen LogP contribution is -2.22. The fraction of sp³-hybridized carbons (Fsp3) is 0.588. The van der Waals surface area contributed by atoms with Crippen molar-refractivity contribution in [1.29, 1.82) is 0 Å². The lowest BCUT2D eigenvalue weighted by molar-refractivity contribution is -0.121. The van der Waals surface area contributed by atoms with Crippen LogP contribution in [0.1, 0.15) is 24.0 Å². The van der Waals surface area contributed by atoms with Gasteiger partial charge in [-0.2, -0.15) is 0 Å². The Labute approximate surface area is 130 Å². The van der Waals surface area contributed by atoms with Crippen molar-refractivity contribution in [3.05, 3.63) is 23.3 Å². The maximum absolute atomic E-state index is 12.1. The molecule has 0 bridgehead atoms. The molecule has 22 heavy (non-hydrogen) atoms. The zero-order valence-electron chi connectivity index (χ0n) is 13.0. The van der Waals surface area contributed by atoms with Crippen molar-refractivity contribution in [1.82, 2.24) is 0 Å². The first-order valence-electron chi connectivity index (χ1n) is 7.92. The number of ether oxygens (including phenoxy) is 3. The lowest BCUT2D eigenvalue weighted by Gasteiger charge is -2.15. The second-order valence-corrected chi connectivity index (χ2v) is 5.93. The number of rotatable bonds is 6. The number of fused-ring (bicyclic) bond motifs is 1. The summed E-state index contributed by atoms with van der Waals surface area (Å²) in [4.78, 5) is 12.1. The predicted octanol–water partition coefficient (Wildman–Crippen LogP) is 2.18. The van der Waals surface area contributed by atoms with Crippen molar-refractivity contribution < 1.29 is 19.0 Å². The molecule has 0 radical (unpaired) electrons. The summed E-state index contributed by atoms with van der Waals surface area (Å²) in [6, 6.07) is 4.02. The van der Waals surface area contributed by atoms with Gasteiger partial charge in [0.2, 0.25) is 5.91 Å². The molecule has 120 valence electrons. The zero-order chi connectivity index (χ0) is 15.4. The van der Waals surface area contributed by atoms with Gasteiger partial charge in [0.05, 0.1) is 26.0 Å². The van der Waals surface area contributed by atoms with Crippen molar-refractivity contribution in [3.8, 4) is 5.75 Å². The highest BCUT2D eigenvalue weighted by Crippen LogP contribution is 2.36. The van der Waals surface area contributed by atoms with E-state index in [1.807, 2.05) is 6.07 Å². The first-order valence-corrected chi connectivity index (χ1v) is 7.92. The molecule has 1 fully saturated rings. The van der Waals surface area contributed by atoms with Crippen LogP contribution in [0.3, 0.4) is 0 Å². The smallest absolute Gasteiger partial charge is 0.250 e. The molecule has 1 saturated heterocycles. The molecule has 2 aliphatic rings. The number of hydrogen-bond acceptors (Lipinski definition) is 4. The zero-order valence-corrected chi connectivity index (χ0v) is 13.0. The van der Waals surface area contributed by atoms with Gasteiger partial charge in [-0.1, -0.05) is 6.07 Å². The average molecular weight is 305 g/mol. The van der Waals surface area contributed by atoms with E-state index in [1.54, 1.807) is 7.11 Å². The van der Waals surface area contributed by atoms with Crippen molar-refractivity contribution in [3.63, 3.8) is 0 Å². The summed E-state index contributed by atoms with van der Waals surface area (Å²) in [6.45, 7) is 2.19. The summed E-state index contributed by atoms with van der Waals surface area (Å²) in [6.07, 6.45) is 4.20. The number of nitrogens with one attached hydrogen (secondary N) is 1. The fourth-order valence-corrected chi connectivity index (χ4v) is 3.16. The van der Waals surface area contributed by atoms with Crippen LogP contribution in [0.25, 0.3) is 0 Å². The fourth-order valence-electron chi connectivity index (χ4n) is 3.16. The van der Waals surface area contributed by atoms with E-state index in [-0.39, 0.29) is 12.5 Å². The van der Waals surface area contributed by atoms with Crippen LogP contribution in [0, 0.1) is 5.92 Å². The highest BCUT2D eigenvalue weighted by Gasteiger charge is 2.20. The number of carbonyl (C=O) groups excluding carboxylic acids is 1. The third kappa shape index (κ3) is 3.42. The topological polar surface area (TPSA) is 56.8 Å². The van der Waals surface area contributed by atoms with Gasteiger partial charge in [-0.25, -0.2) is 0 Å². The van der Waals surface area contributed by atoms with Crippen molar-refractivity contribution in [2.75, 3.05) is 38.9 Å². The second kappa shape index (κ2) is 7.11. The standard InChI is InChI=1S/C17H23NO4/c1-20-15-6-5-13-3-2-4-14(13)17(15)18-16(19)11-22-10-12-7-8-21-9-12/h5-6,12H,2-4,7-11H2,1H3,(H,18,19). The van der Waals surface area contributed by atoms with Gasteiger partial charge in [0, 0.05) is 12.5 Å². The minimum atomic E-state index is -0.127. The summed E-state index contributed by atoms with van der Waals surface area (Å²) in [5, 5.41) is 2.97. The molecule has 1 N–H and O–H groups in total. The molecule has 5 heteroatoms. The Bertz CT molecular complexity index is 538. The van der Waals surface area contributed by atoms with Crippen LogP contribution in [-0.2, 0) is 27.1 Å². The second-order valence-electron chi connectivity index (χ2n) is 5.93. The molecule has 0 spiro atoms. The van der Waals surface area contributed by atoms with Crippen molar-refractivity contribution in [2.45, 2.75) is 25.7 Å². The first-order chi connectivity index (χ1) is 10.8. The van der Waals surface area contributed by atoms with Crippen LogP contribution >= 0.6 is 0 Å². The summed E-state index contributed by atoms with van der Waals surface area (Å²) < 4.78 is 16.2. The number of amides is 1. The number of methoxy groups -OCH3 is 1. The average Bonchev–Trinajstić information content (AvgIpc) is 3.18. The third-order valence-corrected chi connectivity index (χ3v) is 4.34. The van der Waals surface area contributed by atoms with Gasteiger partial charge in [0.1, 0.15) is 12.4 Å². The number of benzene rings is 1. The van der Waals surface area contributed by atoms with Crippen LogP contribution in [0.2, 0.25) is 0 Å². The number of carbonyl (C=O) groups is 1. The molecular weight excluding hydrogens is 282 g/mol. The molecule has 1 heterocycles. The highest BCUT2D eigenvalue weighted by molar-refractivity contribution is 5.94. The van der Waals surface area contributed by atoms with Crippen LogP contribution in [0.15, 0.2) is 12.1 Å². The molecule has 0 saturated carbocycles.